The third-order valence-electron chi connectivity index (χ3n) is 3.30. The average Bonchev–Trinajstić information content (AvgIpc) is 2.38. The Morgan fingerprint density at radius 2 is 1.00 bits per heavy atom. The smallest absolute Gasteiger partial charge is 0.241 e. The molecule has 2 rings (SSSR count). The number of benzene rings is 2. The highest BCUT2D eigenvalue weighted by atomic mass is 35.5. The van der Waals surface area contributed by atoms with E-state index >= 15 is 0 Å². The molecule has 0 aromatic heterocycles. The summed E-state index contributed by atoms with van der Waals surface area (Å²) < 4.78 is 6.67. The molecule has 0 atom stereocenters. The second kappa shape index (κ2) is 6.27. The summed E-state index contributed by atoms with van der Waals surface area (Å²) in [5, 5.41) is 3.96. The van der Waals surface area contributed by atoms with Crippen LogP contribution in [0, 0.1) is 0 Å². The Morgan fingerprint density at radius 1 is 0.667 bits per heavy atom. The summed E-state index contributed by atoms with van der Waals surface area (Å²) in [6.07, 6.45) is 0. The summed E-state index contributed by atoms with van der Waals surface area (Å²) in [6.45, 7) is 8.93. The Labute approximate surface area is 139 Å². The minimum Gasteiger partial charge on any atom is -0.449 e. The molecule has 0 saturated heterocycles. The van der Waals surface area contributed by atoms with Crippen molar-refractivity contribution in [1.29, 1.82) is 0 Å². The van der Waals surface area contributed by atoms with Crippen molar-refractivity contribution in [2.24, 2.45) is 0 Å². The van der Waals surface area contributed by atoms with E-state index in [1.165, 1.54) is 10.4 Å². The lowest BCUT2D eigenvalue weighted by Gasteiger charge is -2.35. The fraction of sp³-hybridized carbons (Fsp3) is 0.250. The quantitative estimate of drug-likeness (QED) is 0.732. The van der Waals surface area contributed by atoms with Crippen LogP contribution in [-0.2, 0) is 4.12 Å². The Morgan fingerprint density at radius 3 is 1.29 bits per heavy atom. The van der Waals surface area contributed by atoms with Gasteiger partial charge in [0.05, 0.1) is 0 Å². The SMILES string of the molecule is C[Si](C)(C)O[Si](C)(c1ccc(Cl)cc1)c1ccc(Cl)cc1. The van der Waals surface area contributed by atoms with E-state index in [1.54, 1.807) is 0 Å². The van der Waals surface area contributed by atoms with Gasteiger partial charge in [0.25, 0.3) is 0 Å². The van der Waals surface area contributed by atoms with Crippen LogP contribution >= 0.6 is 23.2 Å². The van der Waals surface area contributed by atoms with Crippen molar-refractivity contribution >= 4 is 50.2 Å². The summed E-state index contributed by atoms with van der Waals surface area (Å²) in [4.78, 5) is 0. The van der Waals surface area contributed by atoms with Crippen molar-refractivity contribution in [2.45, 2.75) is 26.2 Å². The highest BCUT2D eigenvalue weighted by Crippen LogP contribution is 2.17. The Kier molecular flexibility index (Phi) is 5.01. The first-order valence-electron chi connectivity index (χ1n) is 6.93. The van der Waals surface area contributed by atoms with Gasteiger partial charge in [-0.15, -0.1) is 0 Å². The van der Waals surface area contributed by atoms with Crippen molar-refractivity contribution < 1.29 is 4.12 Å². The van der Waals surface area contributed by atoms with Gasteiger partial charge in [-0.05, 0) is 60.8 Å². The third-order valence-corrected chi connectivity index (χ3v) is 10.8. The van der Waals surface area contributed by atoms with Gasteiger partial charge in [0, 0.05) is 10.0 Å². The monoisotopic (exact) mass is 354 g/mol. The molecule has 0 heterocycles. The van der Waals surface area contributed by atoms with Crippen molar-refractivity contribution in [3.05, 3.63) is 58.6 Å². The first-order chi connectivity index (χ1) is 9.71. The van der Waals surface area contributed by atoms with Gasteiger partial charge in [0.1, 0.15) is 0 Å². The maximum Gasteiger partial charge on any atom is 0.241 e. The second-order valence-electron chi connectivity index (χ2n) is 6.26. The van der Waals surface area contributed by atoms with Gasteiger partial charge < -0.3 is 4.12 Å². The van der Waals surface area contributed by atoms with Gasteiger partial charge in [-0.25, -0.2) is 0 Å². The maximum atomic E-state index is 6.67. The number of hydrogen-bond donors (Lipinski definition) is 0. The van der Waals surface area contributed by atoms with Gasteiger partial charge in [-0.3, -0.25) is 0 Å². The minimum absolute atomic E-state index is 0.749. The third kappa shape index (κ3) is 4.21. The van der Waals surface area contributed by atoms with Crippen molar-refractivity contribution in [3.8, 4) is 0 Å². The fourth-order valence-corrected chi connectivity index (χ4v) is 10.5. The van der Waals surface area contributed by atoms with Gasteiger partial charge in [-0.2, -0.15) is 0 Å². The minimum atomic E-state index is -2.24. The van der Waals surface area contributed by atoms with Crippen LogP contribution in [0.15, 0.2) is 48.5 Å². The molecule has 1 nitrogen and oxygen atoms in total. The summed E-state index contributed by atoms with van der Waals surface area (Å²) >= 11 is 12.1. The molecule has 2 aromatic carbocycles. The van der Waals surface area contributed by atoms with Gasteiger partial charge in [-0.1, -0.05) is 47.5 Å². The maximum absolute atomic E-state index is 6.67. The van der Waals surface area contributed by atoms with E-state index in [0.29, 0.717) is 0 Å². The van der Waals surface area contributed by atoms with E-state index in [2.05, 4.69) is 50.5 Å². The molecule has 21 heavy (non-hydrogen) atoms. The lowest BCUT2D eigenvalue weighted by Crippen LogP contribution is -2.62. The first kappa shape index (κ1) is 16.8. The fourth-order valence-electron chi connectivity index (χ4n) is 2.43. The number of hydrogen-bond acceptors (Lipinski definition) is 1. The zero-order chi connectivity index (χ0) is 15.7. The van der Waals surface area contributed by atoms with E-state index in [1.807, 2.05) is 24.3 Å². The zero-order valence-corrected chi connectivity index (χ0v) is 16.3. The molecule has 0 saturated carbocycles. The summed E-state index contributed by atoms with van der Waals surface area (Å²) in [6, 6.07) is 16.1. The molecule has 112 valence electrons. The van der Waals surface area contributed by atoms with E-state index in [-0.39, 0.29) is 0 Å². The predicted octanol–water partition coefficient (Wildman–Crippen LogP) is 4.53. The standard InChI is InChI=1S/C16H20Cl2OSi2/c1-20(2,3)19-21(4,15-9-5-13(17)6-10-15)16-11-7-14(18)8-12-16/h5-12H,1-4H3. The molecule has 2 aromatic rings. The molecular formula is C16H20Cl2OSi2. The van der Waals surface area contributed by atoms with E-state index in [4.69, 9.17) is 27.3 Å². The van der Waals surface area contributed by atoms with Crippen LogP contribution in [-0.4, -0.2) is 16.6 Å². The van der Waals surface area contributed by atoms with Crippen LogP contribution in [0.2, 0.25) is 36.2 Å². The molecule has 0 N–H and O–H groups in total. The van der Waals surface area contributed by atoms with E-state index in [9.17, 15) is 0 Å². The van der Waals surface area contributed by atoms with Crippen LogP contribution in [0.1, 0.15) is 0 Å². The van der Waals surface area contributed by atoms with Gasteiger partial charge >= 0.3 is 0 Å². The van der Waals surface area contributed by atoms with Crippen LogP contribution < -0.4 is 10.4 Å². The topological polar surface area (TPSA) is 9.23 Å². The van der Waals surface area contributed by atoms with E-state index in [0.717, 1.165) is 10.0 Å². The molecule has 0 aliphatic heterocycles. The molecule has 0 fully saturated rings. The van der Waals surface area contributed by atoms with E-state index < -0.39 is 16.6 Å². The van der Waals surface area contributed by atoms with Crippen LogP contribution in [0.3, 0.4) is 0 Å². The molecule has 0 unspecified atom stereocenters. The number of halogens is 2. The first-order valence-corrected chi connectivity index (χ1v) is 13.5. The lowest BCUT2D eigenvalue weighted by molar-refractivity contribution is 0.573. The van der Waals surface area contributed by atoms with Gasteiger partial charge in [0.2, 0.25) is 8.32 Å². The Balaban J connectivity index is 2.53. The number of rotatable bonds is 4. The van der Waals surface area contributed by atoms with Gasteiger partial charge in [0.15, 0.2) is 8.32 Å². The average molecular weight is 355 g/mol. The van der Waals surface area contributed by atoms with Crippen LogP contribution in [0.25, 0.3) is 0 Å². The Hall–Kier alpha value is -0.586. The van der Waals surface area contributed by atoms with Crippen molar-refractivity contribution in [1.82, 2.24) is 0 Å². The summed E-state index contributed by atoms with van der Waals surface area (Å²) in [5.74, 6) is 0. The molecule has 5 heteroatoms. The summed E-state index contributed by atoms with van der Waals surface area (Å²) in [5.41, 5.74) is 0. The molecule has 0 aliphatic rings. The predicted molar refractivity (Wildman–Crippen MR) is 98.2 cm³/mol. The normalized spacial score (nSPS) is 12.5. The van der Waals surface area contributed by atoms with Crippen molar-refractivity contribution in [2.75, 3.05) is 0 Å². The molecule has 0 radical (unpaired) electrons. The van der Waals surface area contributed by atoms with Crippen molar-refractivity contribution in [3.63, 3.8) is 0 Å². The highest BCUT2D eigenvalue weighted by Gasteiger charge is 2.38. The Bertz CT molecular complexity index is 558. The molecule has 0 spiro atoms. The largest absolute Gasteiger partial charge is 0.449 e. The van der Waals surface area contributed by atoms with Crippen LogP contribution in [0.4, 0.5) is 0 Å². The molecule has 0 amide bonds. The lowest BCUT2D eigenvalue weighted by atomic mass is 10.4. The summed E-state index contributed by atoms with van der Waals surface area (Å²) in [7, 11) is -3.93. The molecule has 0 aliphatic carbocycles. The second-order valence-corrected chi connectivity index (χ2v) is 15.4. The molecule has 0 bridgehead atoms. The van der Waals surface area contributed by atoms with Crippen LogP contribution in [0.5, 0.6) is 0 Å². The molecular weight excluding hydrogens is 335 g/mol. The zero-order valence-electron chi connectivity index (χ0n) is 12.8. The highest BCUT2D eigenvalue weighted by molar-refractivity contribution is 7.01.